The van der Waals surface area contributed by atoms with E-state index >= 15 is 0 Å². The van der Waals surface area contributed by atoms with Crippen molar-refractivity contribution in [3.63, 3.8) is 0 Å². The number of benzene rings is 2. The number of nitrogens with zero attached hydrogens (tertiary/aromatic N) is 6. The second-order valence-electron chi connectivity index (χ2n) is 24.5. The molecular formula is C64H83Br4Cl2N7O7. The maximum Gasteiger partial charge on any atom is 0.410 e. The first kappa shape index (κ1) is 66.7. The van der Waals surface area contributed by atoms with E-state index in [1.54, 1.807) is 14.0 Å². The van der Waals surface area contributed by atoms with Gasteiger partial charge < -0.3 is 34.6 Å². The largest absolute Gasteiger partial charge is 0.444 e. The van der Waals surface area contributed by atoms with Gasteiger partial charge in [0.2, 0.25) is 17.7 Å². The highest BCUT2D eigenvalue weighted by molar-refractivity contribution is 9.11. The molecule has 0 bridgehead atoms. The maximum atomic E-state index is 13.5. The zero-order valence-electron chi connectivity index (χ0n) is 49.5. The van der Waals surface area contributed by atoms with Crippen molar-refractivity contribution < 1.29 is 33.8 Å². The summed E-state index contributed by atoms with van der Waals surface area (Å²) in [6, 6.07) is 12.1. The van der Waals surface area contributed by atoms with Gasteiger partial charge in [0.15, 0.2) is 0 Å². The van der Waals surface area contributed by atoms with Gasteiger partial charge in [0.05, 0.1) is 11.4 Å². The van der Waals surface area contributed by atoms with E-state index in [1.165, 1.54) is 44.0 Å². The monoisotopic (exact) mass is 1450 g/mol. The van der Waals surface area contributed by atoms with Crippen molar-refractivity contribution in [3.8, 4) is 0 Å². The molecule has 0 saturated carbocycles. The normalized spacial score (nSPS) is 20.0. The summed E-state index contributed by atoms with van der Waals surface area (Å²) in [5, 5.41) is 12.8. The number of aryl methyl sites for hydroxylation is 4. The van der Waals surface area contributed by atoms with E-state index in [1.807, 2.05) is 62.0 Å². The molecule has 84 heavy (non-hydrogen) atoms. The number of likely N-dealkylation sites (tertiary alicyclic amines) is 3. The Balaban J connectivity index is 0.000000212. The van der Waals surface area contributed by atoms with Crippen LogP contribution in [0.15, 0.2) is 66.7 Å². The molecular weight excluding hydrogens is 1370 g/mol. The molecule has 0 spiro atoms. The number of ether oxygens (including phenoxy) is 2. The average molecular weight is 1450 g/mol. The lowest BCUT2D eigenvalue weighted by molar-refractivity contribution is -0.138. The molecule has 2 N–H and O–H groups in total. The summed E-state index contributed by atoms with van der Waals surface area (Å²) in [5.41, 5.74) is 9.52. The Labute approximate surface area is 541 Å². The van der Waals surface area contributed by atoms with Crippen LogP contribution < -0.4 is 5.32 Å². The van der Waals surface area contributed by atoms with E-state index in [0.29, 0.717) is 56.2 Å². The molecule has 4 amide bonds. The minimum Gasteiger partial charge on any atom is -0.444 e. The highest BCUT2D eigenvalue weighted by Gasteiger charge is 2.40. The zero-order chi connectivity index (χ0) is 60.4. The van der Waals surface area contributed by atoms with Crippen LogP contribution in [0.5, 0.6) is 0 Å². The number of nitrogens with one attached hydrogen (secondary N) is 1. The summed E-state index contributed by atoms with van der Waals surface area (Å²) >= 11 is 27.8. The third-order valence-corrected chi connectivity index (χ3v) is 20.4. The predicted octanol–water partition coefficient (Wildman–Crippen LogP) is 13.7. The molecule has 20 heteroatoms. The van der Waals surface area contributed by atoms with Gasteiger partial charge in [-0.2, -0.15) is 0 Å². The van der Waals surface area contributed by atoms with Crippen LogP contribution in [-0.2, 0) is 49.5 Å². The number of hydrogen-bond donors (Lipinski definition) is 2. The van der Waals surface area contributed by atoms with E-state index in [2.05, 4.69) is 103 Å². The van der Waals surface area contributed by atoms with Crippen LogP contribution in [0.2, 0.25) is 10.0 Å². The minimum absolute atomic E-state index is 0.0855. The highest BCUT2D eigenvalue weighted by Crippen LogP contribution is 2.48. The topological polar surface area (TPSA) is 158 Å². The predicted molar refractivity (Wildman–Crippen MR) is 346 cm³/mol. The second-order valence-corrected chi connectivity index (χ2v) is 28.9. The van der Waals surface area contributed by atoms with Crippen LogP contribution in [0, 0.1) is 23.7 Å². The van der Waals surface area contributed by atoms with Crippen molar-refractivity contribution >= 4 is 111 Å². The van der Waals surface area contributed by atoms with Gasteiger partial charge in [-0.1, -0.05) is 55.1 Å². The third kappa shape index (κ3) is 17.4. The summed E-state index contributed by atoms with van der Waals surface area (Å²) in [5.74, 6) is 2.43. The Morgan fingerprint density at radius 1 is 0.655 bits per heavy atom. The number of piperidine rings is 4. The molecule has 2 aromatic heterocycles. The number of pyridine rings is 2. The number of rotatable bonds is 10. The van der Waals surface area contributed by atoms with Crippen molar-refractivity contribution in [2.75, 3.05) is 72.8 Å². The molecule has 0 radical (unpaired) electrons. The van der Waals surface area contributed by atoms with Crippen LogP contribution in [0.3, 0.4) is 0 Å². The number of aliphatic hydroxyl groups is 1. The Morgan fingerprint density at radius 2 is 1.07 bits per heavy atom. The number of carbonyl (C=O) groups excluding carboxylic acids is 4. The molecule has 4 fully saturated rings. The van der Waals surface area contributed by atoms with Gasteiger partial charge in [0.1, 0.15) is 18.4 Å². The van der Waals surface area contributed by atoms with Crippen LogP contribution in [0.1, 0.15) is 155 Å². The van der Waals surface area contributed by atoms with Crippen molar-refractivity contribution in [2.24, 2.45) is 23.7 Å². The number of aromatic nitrogens is 2. The molecule has 4 saturated heterocycles. The molecule has 10 rings (SSSR count). The summed E-state index contributed by atoms with van der Waals surface area (Å²) < 4.78 is 14.0. The van der Waals surface area contributed by atoms with Crippen molar-refractivity contribution in [3.05, 3.63) is 121 Å². The molecule has 6 heterocycles. The van der Waals surface area contributed by atoms with E-state index in [-0.39, 0.29) is 36.4 Å². The molecule has 3 atom stereocenters. The van der Waals surface area contributed by atoms with E-state index in [9.17, 15) is 19.2 Å². The maximum absolute atomic E-state index is 13.5. The van der Waals surface area contributed by atoms with Gasteiger partial charge in [-0.05, 0) is 250 Å². The summed E-state index contributed by atoms with van der Waals surface area (Å²) in [6.45, 7) is 15.9. The Bertz CT molecular complexity index is 2940. The van der Waals surface area contributed by atoms with E-state index < -0.39 is 17.7 Å². The lowest BCUT2D eigenvalue weighted by Gasteiger charge is -2.38. The fourth-order valence-electron chi connectivity index (χ4n) is 13.2. The quantitative estimate of drug-likeness (QED) is 0.146. The first-order valence-electron chi connectivity index (χ1n) is 30.1. The summed E-state index contributed by atoms with van der Waals surface area (Å²) in [4.78, 5) is 69.3. The fraction of sp³-hybridized carbons (Fsp3) is 0.594. The zero-order valence-corrected chi connectivity index (χ0v) is 57.3. The minimum atomic E-state index is -0.624. The first-order valence-corrected chi connectivity index (χ1v) is 34.0. The van der Waals surface area contributed by atoms with Crippen molar-refractivity contribution in [1.29, 1.82) is 0 Å². The van der Waals surface area contributed by atoms with Gasteiger partial charge in [-0.25, -0.2) is 4.79 Å². The molecule has 2 aromatic carbocycles. The van der Waals surface area contributed by atoms with Gasteiger partial charge in [-0.15, -0.1) is 0 Å². The van der Waals surface area contributed by atoms with Crippen molar-refractivity contribution in [1.82, 2.24) is 34.9 Å². The van der Waals surface area contributed by atoms with Gasteiger partial charge >= 0.3 is 6.09 Å². The second kappa shape index (κ2) is 30.8. The van der Waals surface area contributed by atoms with Gasteiger partial charge in [0.25, 0.3) is 0 Å². The molecule has 458 valence electrons. The lowest BCUT2D eigenvalue weighted by Crippen LogP contribution is -2.51. The van der Waals surface area contributed by atoms with E-state index in [4.69, 9.17) is 43.0 Å². The van der Waals surface area contributed by atoms with Crippen molar-refractivity contribution in [2.45, 2.75) is 148 Å². The standard InChI is InChI=1S/C35H45Br2ClN4O4.C26H30Br2ClN3O.C3H8O2/c1-21(40(5)34(45)46-35(2,3)4)33(44)42-12-8-22(9-13-42)16-29(43)41-14-10-23(11-15-41)31-30-24(18-27(38)19-28(30)37)6-7-25-17-26(36)20-39-32(25)31;27-20-12-19-2-1-18-13-21(29)14-22(28)24(18)25(26(19)31-15-20)17-5-9-32(10-6-17)23(33)11-16-3-7-30-8-4-16;1-2-5-3-4/h17-23,31H,6-16H2,1-5H3;12-17,25,30H,1-11H2;4H,2-3H2,1H3/t21?,31-;25-;/m11./s1. The Morgan fingerprint density at radius 3 is 1.48 bits per heavy atom. The van der Waals surface area contributed by atoms with Crippen LogP contribution >= 0.6 is 86.9 Å². The number of amides is 4. The molecule has 1 unspecified atom stereocenters. The number of likely N-dealkylation sites (N-methyl/N-ethyl adjacent to an activating group) is 1. The molecule has 6 aliphatic rings. The number of fused-ring (bicyclic) bond motifs is 4. The number of aliphatic hydroxyl groups excluding tert-OH is 1. The van der Waals surface area contributed by atoms with Gasteiger partial charge in [0, 0.05) is 118 Å². The Kier molecular flexibility index (Phi) is 24.5. The van der Waals surface area contributed by atoms with Crippen LogP contribution in [0.4, 0.5) is 4.79 Å². The van der Waals surface area contributed by atoms with Gasteiger partial charge in [-0.3, -0.25) is 29.3 Å². The molecule has 4 aromatic rings. The van der Waals surface area contributed by atoms with E-state index in [0.717, 1.165) is 150 Å². The number of halogens is 6. The fourth-order valence-corrected chi connectivity index (χ4v) is 16.2. The number of hydrogen-bond acceptors (Lipinski definition) is 10. The van der Waals surface area contributed by atoms with Crippen LogP contribution in [-0.4, -0.2) is 143 Å². The molecule has 4 aliphatic heterocycles. The molecule has 2 aliphatic carbocycles. The number of carbonyl (C=O) groups is 4. The SMILES string of the molecule is CC(C(=O)N1CCC(CC(=O)N2CCC([C@H]3c4ncc(Br)cc4CCc4cc(Cl)cc(Br)c43)CC2)CC1)N(C)C(=O)OC(C)(C)C.CCOCO.O=C(CC1CCNCC1)N1CCC([C@H]2c3ncc(Br)cc3CCc3cc(Cl)cc(Br)c32)CC1. The summed E-state index contributed by atoms with van der Waals surface area (Å²) in [7, 11) is 1.60. The van der Waals surface area contributed by atoms with Crippen LogP contribution in [0.25, 0.3) is 0 Å². The third-order valence-electron chi connectivity index (χ3n) is 17.8. The summed E-state index contributed by atoms with van der Waals surface area (Å²) in [6.07, 6.45) is 15.9. The average Bonchev–Trinajstić information content (AvgIpc) is 3.88. The smallest absolute Gasteiger partial charge is 0.410 e. The first-order chi connectivity index (χ1) is 40.1. The Hall–Kier alpha value is -3.20. The molecule has 14 nitrogen and oxygen atoms in total. The lowest BCUT2D eigenvalue weighted by atomic mass is 9.76. The highest BCUT2D eigenvalue weighted by atomic mass is 79.9.